The molecule has 1 aliphatic heterocycles. The molecule has 0 saturated carbocycles. The van der Waals surface area contributed by atoms with E-state index >= 15 is 0 Å². The molecule has 0 spiro atoms. The Morgan fingerprint density at radius 2 is 2.03 bits per heavy atom. The second-order valence-electron chi connectivity index (χ2n) is 6.87. The van der Waals surface area contributed by atoms with Gasteiger partial charge in [0.2, 0.25) is 6.41 Å². The number of likely N-dealkylation sites (N-methyl/N-ethyl adjacent to an activating group) is 1. The number of nitrogens with zero attached hydrogens (tertiary/aromatic N) is 4. The molecule has 1 fully saturated rings. The summed E-state index contributed by atoms with van der Waals surface area (Å²) in [6.45, 7) is -0.437. The number of fused-ring (bicyclic) bond motifs is 1. The highest BCUT2D eigenvalue weighted by Crippen LogP contribution is 2.23. The summed E-state index contributed by atoms with van der Waals surface area (Å²) in [7, 11) is 3.33. The average molecular weight is 404 g/mol. The van der Waals surface area contributed by atoms with E-state index in [1.807, 2.05) is 24.3 Å². The summed E-state index contributed by atoms with van der Waals surface area (Å²) in [5.41, 5.74) is 1.48. The SMILES string of the molecule is CN(/C=C\C(=O)N(C=O)Cc1nn(C)c2ccccc12)C1OC(CO)C(O)C1O. The number of ether oxygens (including phenoxy) is 1. The van der Waals surface area contributed by atoms with E-state index in [1.165, 1.54) is 11.1 Å². The van der Waals surface area contributed by atoms with Gasteiger partial charge in [-0.3, -0.25) is 19.2 Å². The van der Waals surface area contributed by atoms with Gasteiger partial charge in [-0.05, 0) is 6.07 Å². The Morgan fingerprint density at radius 1 is 1.31 bits per heavy atom. The standard InChI is InChI=1S/C19H24N4O6/c1-21(19-18(28)17(27)15(10-24)29-19)8-7-16(26)23(11-25)9-13-12-5-3-4-6-14(12)22(2)20-13/h3-8,11,15,17-19,24,27-28H,9-10H2,1-2H3/b8-7-. The first-order chi connectivity index (χ1) is 13.9. The molecule has 1 aromatic carbocycles. The fourth-order valence-electron chi connectivity index (χ4n) is 3.31. The number of carbonyl (C=O) groups excluding carboxylic acids is 2. The van der Waals surface area contributed by atoms with E-state index in [0.29, 0.717) is 12.1 Å². The molecule has 4 atom stereocenters. The van der Waals surface area contributed by atoms with Crippen LogP contribution in [-0.2, 0) is 27.9 Å². The van der Waals surface area contributed by atoms with Crippen LogP contribution in [0.25, 0.3) is 10.9 Å². The number of rotatable bonds is 7. The minimum absolute atomic E-state index is 0.00555. The van der Waals surface area contributed by atoms with Gasteiger partial charge < -0.3 is 25.0 Å². The van der Waals surface area contributed by atoms with E-state index in [2.05, 4.69) is 5.10 Å². The van der Waals surface area contributed by atoms with E-state index < -0.39 is 37.1 Å². The number of aromatic nitrogens is 2. The predicted molar refractivity (Wildman–Crippen MR) is 102 cm³/mol. The van der Waals surface area contributed by atoms with Crippen LogP contribution in [0, 0.1) is 0 Å². The molecule has 3 N–H and O–H groups in total. The van der Waals surface area contributed by atoms with Crippen LogP contribution in [0.15, 0.2) is 36.5 Å². The molecule has 2 aromatic rings. The van der Waals surface area contributed by atoms with Gasteiger partial charge in [-0.15, -0.1) is 0 Å². The molecule has 1 aromatic heterocycles. The van der Waals surface area contributed by atoms with Gasteiger partial charge in [0.25, 0.3) is 5.91 Å². The fourth-order valence-corrected chi connectivity index (χ4v) is 3.31. The highest BCUT2D eigenvalue weighted by Gasteiger charge is 2.43. The van der Waals surface area contributed by atoms with E-state index in [0.717, 1.165) is 21.9 Å². The van der Waals surface area contributed by atoms with Crippen LogP contribution in [0.1, 0.15) is 5.69 Å². The molecule has 2 amide bonds. The van der Waals surface area contributed by atoms with Crippen LogP contribution in [0.4, 0.5) is 0 Å². The molecule has 1 saturated heterocycles. The van der Waals surface area contributed by atoms with Crippen LogP contribution in [0.5, 0.6) is 0 Å². The summed E-state index contributed by atoms with van der Waals surface area (Å²) in [5, 5.41) is 34.2. The summed E-state index contributed by atoms with van der Waals surface area (Å²) in [6.07, 6.45) is -1.40. The number of hydrogen-bond donors (Lipinski definition) is 3. The average Bonchev–Trinajstić information content (AvgIpc) is 3.20. The van der Waals surface area contributed by atoms with Crippen LogP contribution < -0.4 is 0 Å². The second-order valence-corrected chi connectivity index (χ2v) is 6.87. The molecule has 3 rings (SSSR count). The van der Waals surface area contributed by atoms with Gasteiger partial charge in [0, 0.05) is 31.8 Å². The molecule has 0 aliphatic carbocycles. The lowest BCUT2D eigenvalue weighted by Gasteiger charge is -2.25. The molecule has 156 valence electrons. The Kier molecular flexibility index (Phi) is 6.28. The highest BCUT2D eigenvalue weighted by molar-refractivity contribution is 5.95. The third-order valence-electron chi connectivity index (χ3n) is 4.94. The van der Waals surface area contributed by atoms with E-state index in [-0.39, 0.29) is 6.54 Å². The van der Waals surface area contributed by atoms with Gasteiger partial charge in [-0.1, -0.05) is 18.2 Å². The van der Waals surface area contributed by atoms with Crippen molar-refractivity contribution in [1.82, 2.24) is 19.6 Å². The van der Waals surface area contributed by atoms with Gasteiger partial charge in [-0.2, -0.15) is 5.10 Å². The zero-order valence-corrected chi connectivity index (χ0v) is 16.1. The monoisotopic (exact) mass is 404 g/mol. The topological polar surface area (TPSA) is 128 Å². The number of imide groups is 1. The summed E-state index contributed by atoms with van der Waals surface area (Å²) in [5.74, 6) is -0.576. The highest BCUT2D eigenvalue weighted by atomic mass is 16.6. The quantitative estimate of drug-likeness (QED) is 0.394. The van der Waals surface area contributed by atoms with Crippen LogP contribution in [0.2, 0.25) is 0 Å². The first kappa shape index (κ1) is 20.9. The Labute approximate surface area is 167 Å². The molecular formula is C19H24N4O6. The third-order valence-corrected chi connectivity index (χ3v) is 4.94. The summed E-state index contributed by atoms with van der Waals surface area (Å²) in [4.78, 5) is 26.3. The molecule has 0 bridgehead atoms. The van der Waals surface area contributed by atoms with Gasteiger partial charge in [0.15, 0.2) is 6.23 Å². The lowest BCUT2D eigenvalue weighted by atomic mass is 10.1. The van der Waals surface area contributed by atoms with E-state index in [1.54, 1.807) is 18.8 Å². The van der Waals surface area contributed by atoms with Crippen LogP contribution in [-0.4, -0.2) is 85.4 Å². The molecule has 0 radical (unpaired) electrons. The maximum Gasteiger partial charge on any atom is 0.254 e. The zero-order valence-electron chi connectivity index (χ0n) is 16.1. The number of amides is 2. The van der Waals surface area contributed by atoms with Crippen molar-refractivity contribution in [3.05, 3.63) is 42.2 Å². The number of para-hydroxylation sites is 1. The van der Waals surface area contributed by atoms with Crippen molar-refractivity contribution < 1.29 is 29.6 Å². The summed E-state index contributed by atoms with van der Waals surface area (Å²) in [6, 6.07) is 7.51. The predicted octanol–water partition coefficient (Wildman–Crippen LogP) is -1.06. The maximum atomic E-state index is 12.5. The van der Waals surface area contributed by atoms with Crippen LogP contribution >= 0.6 is 0 Å². The largest absolute Gasteiger partial charge is 0.394 e. The molecule has 2 heterocycles. The molecule has 29 heavy (non-hydrogen) atoms. The van der Waals surface area contributed by atoms with Crippen molar-refractivity contribution >= 4 is 23.2 Å². The Morgan fingerprint density at radius 3 is 2.69 bits per heavy atom. The molecule has 10 heteroatoms. The lowest BCUT2D eigenvalue weighted by molar-refractivity contribution is -0.135. The van der Waals surface area contributed by atoms with Crippen molar-refractivity contribution in [2.24, 2.45) is 7.05 Å². The van der Waals surface area contributed by atoms with Crippen molar-refractivity contribution in [2.45, 2.75) is 31.1 Å². The number of carbonyl (C=O) groups is 2. The van der Waals surface area contributed by atoms with Gasteiger partial charge in [0.05, 0.1) is 24.4 Å². The van der Waals surface area contributed by atoms with Crippen LogP contribution in [0.3, 0.4) is 0 Å². The van der Waals surface area contributed by atoms with Gasteiger partial charge in [-0.25, -0.2) is 0 Å². The fraction of sp³-hybridized carbons (Fsp3) is 0.421. The zero-order chi connectivity index (χ0) is 21.1. The maximum absolute atomic E-state index is 12.5. The number of aliphatic hydroxyl groups is 3. The molecule has 1 aliphatic rings. The lowest BCUT2D eigenvalue weighted by Crippen LogP contribution is -2.40. The molecular weight excluding hydrogens is 380 g/mol. The Bertz CT molecular complexity index is 913. The number of hydrogen-bond acceptors (Lipinski definition) is 8. The van der Waals surface area contributed by atoms with Gasteiger partial charge in [0.1, 0.15) is 18.3 Å². The van der Waals surface area contributed by atoms with E-state index in [4.69, 9.17) is 9.84 Å². The first-order valence-electron chi connectivity index (χ1n) is 9.06. The Hall–Kier alpha value is -2.79. The Balaban J connectivity index is 1.69. The van der Waals surface area contributed by atoms with Gasteiger partial charge >= 0.3 is 0 Å². The summed E-state index contributed by atoms with van der Waals surface area (Å²) < 4.78 is 7.06. The number of aliphatic hydroxyl groups excluding tert-OH is 3. The second kappa shape index (κ2) is 8.70. The number of benzene rings is 1. The third kappa shape index (κ3) is 4.15. The summed E-state index contributed by atoms with van der Waals surface area (Å²) >= 11 is 0. The minimum Gasteiger partial charge on any atom is -0.394 e. The number of aryl methyl sites for hydroxylation is 1. The van der Waals surface area contributed by atoms with Crippen molar-refractivity contribution in [3.8, 4) is 0 Å². The van der Waals surface area contributed by atoms with Crippen molar-refractivity contribution in [1.29, 1.82) is 0 Å². The van der Waals surface area contributed by atoms with E-state index in [9.17, 15) is 19.8 Å². The smallest absolute Gasteiger partial charge is 0.254 e. The minimum atomic E-state index is -1.25. The van der Waals surface area contributed by atoms with Crippen molar-refractivity contribution in [2.75, 3.05) is 13.7 Å². The first-order valence-corrected chi connectivity index (χ1v) is 9.06. The normalized spacial score (nSPS) is 24.3. The molecule has 4 unspecified atom stereocenters. The van der Waals surface area contributed by atoms with Crippen molar-refractivity contribution in [3.63, 3.8) is 0 Å². The molecule has 10 nitrogen and oxygen atoms in total.